The summed E-state index contributed by atoms with van der Waals surface area (Å²) in [4.78, 5) is 2.75. The molecule has 3 rings (SSSR count). The average molecular weight is 208 g/mol. The van der Waals surface area contributed by atoms with E-state index in [-0.39, 0.29) is 0 Å². The third kappa shape index (κ3) is 1.94. The molecule has 1 aliphatic carbocycles. The van der Waals surface area contributed by atoms with E-state index in [1.165, 1.54) is 58.4 Å². The van der Waals surface area contributed by atoms with Gasteiger partial charge in [0, 0.05) is 26.2 Å². The van der Waals surface area contributed by atoms with Crippen LogP contribution in [-0.2, 0) is 0 Å². The van der Waals surface area contributed by atoms with Gasteiger partial charge < -0.3 is 10.2 Å². The maximum atomic E-state index is 3.51. The van der Waals surface area contributed by atoms with E-state index in [2.05, 4.69) is 17.1 Å². The van der Waals surface area contributed by atoms with Crippen molar-refractivity contribution in [3.05, 3.63) is 0 Å². The lowest BCUT2D eigenvalue weighted by atomic mass is 9.89. The van der Waals surface area contributed by atoms with Gasteiger partial charge in [-0.2, -0.15) is 0 Å². The molecule has 0 bridgehead atoms. The van der Waals surface area contributed by atoms with E-state index in [0.717, 1.165) is 11.8 Å². The molecular weight excluding hydrogens is 184 g/mol. The Hall–Kier alpha value is -0.0800. The summed E-state index contributed by atoms with van der Waals surface area (Å²) in [5.74, 6) is 2.12. The zero-order valence-electron chi connectivity index (χ0n) is 9.97. The minimum Gasteiger partial charge on any atom is -0.316 e. The van der Waals surface area contributed by atoms with Gasteiger partial charge >= 0.3 is 0 Å². The predicted octanol–water partition coefficient (Wildman–Crippen LogP) is 1.72. The summed E-state index contributed by atoms with van der Waals surface area (Å²) in [7, 11) is 0. The Kier molecular flexibility index (Phi) is 2.52. The van der Waals surface area contributed by atoms with Crippen LogP contribution in [0.15, 0.2) is 0 Å². The van der Waals surface area contributed by atoms with Crippen LogP contribution in [0, 0.1) is 17.3 Å². The van der Waals surface area contributed by atoms with E-state index >= 15 is 0 Å². The molecule has 0 spiro atoms. The number of rotatable bonds is 2. The lowest BCUT2D eigenvalue weighted by Crippen LogP contribution is -2.36. The molecular formula is C13H24N2. The molecule has 86 valence electrons. The van der Waals surface area contributed by atoms with Crippen LogP contribution in [-0.4, -0.2) is 37.6 Å². The highest BCUT2D eigenvalue weighted by Gasteiger charge is 2.39. The second-order valence-corrected chi connectivity index (χ2v) is 6.38. The van der Waals surface area contributed by atoms with E-state index in [9.17, 15) is 0 Å². The smallest absolute Gasteiger partial charge is 0.00482 e. The summed E-state index contributed by atoms with van der Waals surface area (Å²) in [5, 5.41) is 3.51. The highest BCUT2D eigenvalue weighted by molar-refractivity contribution is 4.93. The van der Waals surface area contributed by atoms with Gasteiger partial charge in [-0.05, 0) is 43.1 Å². The first-order chi connectivity index (χ1) is 7.25. The minimum absolute atomic E-state index is 0.568. The summed E-state index contributed by atoms with van der Waals surface area (Å²) in [6.07, 6.45) is 5.90. The molecule has 1 N–H and O–H groups in total. The van der Waals surface area contributed by atoms with E-state index in [1.54, 1.807) is 0 Å². The van der Waals surface area contributed by atoms with Crippen LogP contribution in [0.2, 0.25) is 0 Å². The van der Waals surface area contributed by atoms with Crippen LogP contribution >= 0.6 is 0 Å². The molecule has 0 radical (unpaired) electrons. The van der Waals surface area contributed by atoms with Gasteiger partial charge in [0.05, 0.1) is 0 Å². The molecule has 3 aliphatic rings. The maximum absolute atomic E-state index is 3.51. The fourth-order valence-corrected chi connectivity index (χ4v) is 4.00. The number of hydrogen-bond donors (Lipinski definition) is 1. The number of hydrogen-bond acceptors (Lipinski definition) is 2. The van der Waals surface area contributed by atoms with Crippen molar-refractivity contribution in [3.8, 4) is 0 Å². The Morgan fingerprint density at radius 3 is 2.60 bits per heavy atom. The first-order valence-corrected chi connectivity index (χ1v) is 6.68. The fraction of sp³-hybridized carbons (Fsp3) is 1.00. The Morgan fingerprint density at radius 2 is 2.00 bits per heavy atom. The molecule has 2 nitrogen and oxygen atoms in total. The standard InChI is InChI=1S/C13H24N2/c1-13(5-6-14-9-13)10-15-7-11-3-2-4-12(11)8-15/h11-12,14H,2-10H2,1H3. The van der Waals surface area contributed by atoms with Gasteiger partial charge in [-0.3, -0.25) is 0 Å². The quantitative estimate of drug-likeness (QED) is 0.743. The Balaban J connectivity index is 1.56. The zero-order chi connectivity index (χ0) is 10.3. The average Bonchev–Trinajstić information content (AvgIpc) is 2.80. The van der Waals surface area contributed by atoms with Gasteiger partial charge in [0.2, 0.25) is 0 Å². The Bertz CT molecular complexity index is 221. The summed E-state index contributed by atoms with van der Waals surface area (Å²) in [6.45, 7) is 9.07. The molecule has 3 atom stereocenters. The van der Waals surface area contributed by atoms with Crippen LogP contribution in [0.1, 0.15) is 32.6 Å². The summed E-state index contributed by atoms with van der Waals surface area (Å²) in [5.41, 5.74) is 0.568. The first-order valence-electron chi connectivity index (χ1n) is 6.68. The van der Waals surface area contributed by atoms with E-state index in [1.807, 2.05) is 0 Å². The molecule has 1 saturated carbocycles. The SMILES string of the molecule is CC1(CN2CC3CCCC3C2)CCNC1. The van der Waals surface area contributed by atoms with Crippen molar-refractivity contribution < 1.29 is 0 Å². The van der Waals surface area contributed by atoms with Crippen LogP contribution < -0.4 is 5.32 Å². The van der Waals surface area contributed by atoms with Crippen molar-refractivity contribution in [1.82, 2.24) is 10.2 Å². The number of nitrogens with zero attached hydrogens (tertiary/aromatic N) is 1. The van der Waals surface area contributed by atoms with E-state index in [4.69, 9.17) is 0 Å². The van der Waals surface area contributed by atoms with Gasteiger partial charge in [0.25, 0.3) is 0 Å². The minimum atomic E-state index is 0.568. The van der Waals surface area contributed by atoms with Crippen molar-refractivity contribution in [2.24, 2.45) is 17.3 Å². The normalized spacial score (nSPS) is 46.2. The molecule has 2 aliphatic heterocycles. The second kappa shape index (κ2) is 3.74. The summed E-state index contributed by atoms with van der Waals surface area (Å²) < 4.78 is 0. The molecule has 15 heavy (non-hydrogen) atoms. The van der Waals surface area contributed by atoms with Gasteiger partial charge in [0.15, 0.2) is 0 Å². The van der Waals surface area contributed by atoms with Crippen molar-refractivity contribution in [2.45, 2.75) is 32.6 Å². The molecule has 2 heterocycles. The Morgan fingerprint density at radius 1 is 1.27 bits per heavy atom. The fourth-order valence-electron chi connectivity index (χ4n) is 4.00. The molecule has 2 saturated heterocycles. The van der Waals surface area contributed by atoms with Crippen molar-refractivity contribution in [3.63, 3.8) is 0 Å². The largest absolute Gasteiger partial charge is 0.316 e. The van der Waals surface area contributed by atoms with E-state index in [0.29, 0.717) is 5.41 Å². The van der Waals surface area contributed by atoms with E-state index < -0.39 is 0 Å². The lowest BCUT2D eigenvalue weighted by molar-refractivity contribution is 0.197. The van der Waals surface area contributed by atoms with Gasteiger partial charge in [-0.1, -0.05) is 13.3 Å². The first kappa shape index (κ1) is 10.1. The molecule has 0 aromatic carbocycles. The van der Waals surface area contributed by atoms with Crippen molar-refractivity contribution in [1.29, 1.82) is 0 Å². The Labute approximate surface area is 93.4 Å². The summed E-state index contributed by atoms with van der Waals surface area (Å²) >= 11 is 0. The van der Waals surface area contributed by atoms with Gasteiger partial charge in [-0.25, -0.2) is 0 Å². The van der Waals surface area contributed by atoms with Crippen LogP contribution in [0.3, 0.4) is 0 Å². The van der Waals surface area contributed by atoms with Gasteiger partial charge in [-0.15, -0.1) is 0 Å². The summed E-state index contributed by atoms with van der Waals surface area (Å²) in [6, 6.07) is 0. The zero-order valence-corrected chi connectivity index (χ0v) is 9.97. The van der Waals surface area contributed by atoms with Crippen LogP contribution in [0.25, 0.3) is 0 Å². The molecule has 2 heteroatoms. The number of nitrogens with one attached hydrogen (secondary N) is 1. The molecule has 0 aromatic rings. The predicted molar refractivity (Wildman–Crippen MR) is 62.9 cm³/mol. The van der Waals surface area contributed by atoms with Crippen molar-refractivity contribution >= 4 is 0 Å². The number of likely N-dealkylation sites (tertiary alicyclic amines) is 1. The molecule has 0 aromatic heterocycles. The highest BCUT2D eigenvalue weighted by atomic mass is 15.2. The monoisotopic (exact) mass is 208 g/mol. The van der Waals surface area contributed by atoms with Crippen LogP contribution in [0.4, 0.5) is 0 Å². The van der Waals surface area contributed by atoms with Crippen molar-refractivity contribution in [2.75, 3.05) is 32.7 Å². The third-order valence-electron chi connectivity index (χ3n) is 4.86. The van der Waals surface area contributed by atoms with Crippen LogP contribution in [0.5, 0.6) is 0 Å². The van der Waals surface area contributed by atoms with Gasteiger partial charge in [0.1, 0.15) is 0 Å². The highest BCUT2D eigenvalue weighted by Crippen LogP contribution is 2.39. The second-order valence-electron chi connectivity index (χ2n) is 6.38. The molecule has 3 unspecified atom stereocenters. The molecule has 3 fully saturated rings. The third-order valence-corrected chi connectivity index (χ3v) is 4.86. The lowest BCUT2D eigenvalue weighted by Gasteiger charge is -2.29. The molecule has 0 amide bonds. The number of fused-ring (bicyclic) bond motifs is 1. The maximum Gasteiger partial charge on any atom is 0.00482 e. The topological polar surface area (TPSA) is 15.3 Å².